The average molecular weight is 270 g/mol. The van der Waals surface area contributed by atoms with Crippen molar-refractivity contribution in [1.82, 2.24) is 0 Å². The summed E-state index contributed by atoms with van der Waals surface area (Å²) in [5.74, 6) is 0.329. The van der Waals surface area contributed by atoms with Gasteiger partial charge in [0.2, 0.25) is 0 Å². The smallest absolute Gasteiger partial charge is 0.310 e. The largest absolute Gasteiger partial charge is 0.483 e. The highest BCUT2D eigenvalue weighted by molar-refractivity contribution is 6.21. The minimum absolute atomic E-state index is 0.00831. The summed E-state index contributed by atoms with van der Waals surface area (Å²) in [6.07, 6.45) is 1.58. The molecule has 5 heteroatoms. The van der Waals surface area contributed by atoms with Gasteiger partial charge in [-0.25, -0.2) is 0 Å². The topological polar surface area (TPSA) is 52.4 Å². The van der Waals surface area contributed by atoms with Crippen LogP contribution >= 0.6 is 11.6 Å². The summed E-state index contributed by atoms with van der Waals surface area (Å²) in [5, 5.41) is 11.0. The molecule has 0 amide bonds. The van der Waals surface area contributed by atoms with Gasteiger partial charge in [-0.15, -0.1) is 11.6 Å². The number of benzene rings is 1. The lowest BCUT2D eigenvalue weighted by Crippen LogP contribution is -2.55. The number of halogens is 1. The van der Waals surface area contributed by atoms with Crippen molar-refractivity contribution in [3.05, 3.63) is 34.4 Å². The van der Waals surface area contributed by atoms with Crippen LogP contribution in [0.3, 0.4) is 0 Å². The maximum atomic E-state index is 10.9. The molecule has 1 aromatic rings. The van der Waals surface area contributed by atoms with Crippen LogP contribution in [0.15, 0.2) is 24.3 Å². The summed E-state index contributed by atoms with van der Waals surface area (Å²) in [6, 6.07) is 6.46. The summed E-state index contributed by atoms with van der Waals surface area (Å²) in [4.78, 5) is 10.5. The zero-order valence-corrected chi connectivity index (χ0v) is 11.2. The van der Waals surface area contributed by atoms with Gasteiger partial charge in [-0.3, -0.25) is 10.1 Å². The Morgan fingerprint density at radius 1 is 1.56 bits per heavy atom. The van der Waals surface area contributed by atoms with Crippen LogP contribution in [0, 0.1) is 15.5 Å². The van der Waals surface area contributed by atoms with E-state index in [0.717, 1.165) is 12.8 Å². The Morgan fingerprint density at radius 2 is 2.22 bits per heavy atom. The van der Waals surface area contributed by atoms with E-state index >= 15 is 0 Å². The third-order valence-corrected chi connectivity index (χ3v) is 4.64. The van der Waals surface area contributed by atoms with Gasteiger partial charge >= 0.3 is 5.69 Å². The predicted molar refractivity (Wildman–Crippen MR) is 70.2 cm³/mol. The van der Waals surface area contributed by atoms with Crippen LogP contribution in [0.2, 0.25) is 0 Å². The van der Waals surface area contributed by atoms with E-state index in [1.807, 2.05) is 0 Å². The van der Waals surface area contributed by atoms with E-state index in [1.54, 1.807) is 18.2 Å². The molecule has 1 saturated carbocycles. The lowest BCUT2D eigenvalue weighted by molar-refractivity contribution is -0.386. The van der Waals surface area contributed by atoms with Gasteiger partial charge in [-0.2, -0.15) is 0 Å². The second-order valence-electron chi connectivity index (χ2n) is 4.89. The van der Waals surface area contributed by atoms with Crippen LogP contribution in [-0.2, 0) is 0 Å². The van der Waals surface area contributed by atoms with Crippen LogP contribution in [0.1, 0.15) is 26.7 Å². The molecule has 0 spiro atoms. The Hall–Kier alpha value is -1.29. The van der Waals surface area contributed by atoms with Gasteiger partial charge < -0.3 is 4.74 Å². The molecule has 4 nitrogen and oxygen atoms in total. The fourth-order valence-corrected chi connectivity index (χ4v) is 2.72. The maximum Gasteiger partial charge on any atom is 0.310 e. The lowest BCUT2D eigenvalue weighted by atomic mass is 9.65. The van der Waals surface area contributed by atoms with E-state index in [1.165, 1.54) is 6.07 Å². The van der Waals surface area contributed by atoms with Crippen molar-refractivity contribution >= 4 is 17.3 Å². The van der Waals surface area contributed by atoms with Gasteiger partial charge in [-0.1, -0.05) is 26.0 Å². The lowest BCUT2D eigenvalue weighted by Gasteiger charge is -2.50. The first-order valence-corrected chi connectivity index (χ1v) is 6.47. The van der Waals surface area contributed by atoms with Crippen molar-refractivity contribution in [3.63, 3.8) is 0 Å². The molecule has 2 rings (SSSR count). The number of nitrogens with zero attached hydrogens (tertiary/aromatic N) is 1. The van der Waals surface area contributed by atoms with Crippen LogP contribution in [0.5, 0.6) is 5.75 Å². The molecule has 0 aromatic heterocycles. The molecule has 0 N–H and O–H groups in total. The van der Waals surface area contributed by atoms with Gasteiger partial charge in [0.25, 0.3) is 0 Å². The Labute approximate surface area is 111 Å². The van der Waals surface area contributed by atoms with Crippen molar-refractivity contribution in [2.24, 2.45) is 5.41 Å². The van der Waals surface area contributed by atoms with Crippen LogP contribution < -0.4 is 4.74 Å². The minimum atomic E-state index is -0.421. The molecule has 0 saturated heterocycles. The van der Waals surface area contributed by atoms with Crippen LogP contribution in [0.4, 0.5) is 5.69 Å². The summed E-state index contributed by atoms with van der Waals surface area (Å²) in [5.41, 5.74) is -0.0976. The molecular weight excluding hydrogens is 254 g/mol. The molecule has 0 radical (unpaired) electrons. The summed E-state index contributed by atoms with van der Waals surface area (Å²) in [6.45, 7) is 4.12. The number of nitro groups is 1. The van der Waals surface area contributed by atoms with Gasteiger partial charge in [0.05, 0.1) is 4.92 Å². The number of alkyl halides is 1. The van der Waals surface area contributed by atoms with E-state index in [2.05, 4.69) is 13.8 Å². The second kappa shape index (κ2) is 4.76. The number of nitro benzene ring substituents is 1. The molecule has 3 unspecified atom stereocenters. The monoisotopic (exact) mass is 269 g/mol. The number of hydrogen-bond donors (Lipinski definition) is 0. The zero-order chi connectivity index (χ0) is 13.3. The molecule has 1 aliphatic carbocycles. The summed E-state index contributed by atoms with van der Waals surface area (Å²) < 4.78 is 5.79. The molecule has 1 aliphatic rings. The van der Waals surface area contributed by atoms with Gasteiger partial charge in [0, 0.05) is 23.3 Å². The molecule has 18 heavy (non-hydrogen) atoms. The normalized spacial score (nSPS) is 30.6. The fourth-order valence-electron chi connectivity index (χ4n) is 2.26. The Morgan fingerprint density at radius 3 is 2.78 bits per heavy atom. The van der Waals surface area contributed by atoms with Crippen LogP contribution in [-0.4, -0.2) is 16.4 Å². The van der Waals surface area contributed by atoms with Crippen molar-refractivity contribution in [2.45, 2.75) is 38.2 Å². The zero-order valence-electron chi connectivity index (χ0n) is 10.4. The Bertz CT molecular complexity index is 465. The SMILES string of the molecule is CCC1(C)C(Cl)CC1Oc1ccccc1[N+](=O)[O-]. The number of ether oxygens (including phenoxy) is 1. The van der Waals surface area contributed by atoms with Crippen molar-refractivity contribution < 1.29 is 9.66 Å². The predicted octanol–water partition coefficient (Wildman–Crippen LogP) is 3.77. The van der Waals surface area contributed by atoms with Gasteiger partial charge in [-0.05, 0) is 12.5 Å². The van der Waals surface area contributed by atoms with E-state index < -0.39 is 4.92 Å². The Kier molecular flexibility index (Phi) is 3.48. The highest BCUT2D eigenvalue weighted by Gasteiger charge is 2.51. The molecule has 0 aliphatic heterocycles. The third kappa shape index (κ3) is 2.05. The third-order valence-electron chi connectivity index (χ3n) is 3.97. The van der Waals surface area contributed by atoms with Crippen molar-refractivity contribution in [1.29, 1.82) is 0 Å². The quantitative estimate of drug-likeness (QED) is 0.475. The summed E-state index contributed by atoms with van der Waals surface area (Å²) in [7, 11) is 0. The van der Waals surface area contributed by atoms with Crippen LogP contribution in [0.25, 0.3) is 0 Å². The standard InChI is InChI=1S/C13H16ClNO3/c1-3-13(2)11(14)8-12(13)18-10-7-5-4-6-9(10)15(16)17/h4-7,11-12H,3,8H2,1-2H3. The number of hydrogen-bond acceptors (Lipinski definition) is 3. The first kappa shape index (κ1) is 13.1. The molecule has 0 heterocycles. The fraction of sp³-hybridized carbons (Fsp3) is 0.538. The summed E-state index contributed by atoms with van der Waals surface area (Å²) >= 11 is 6.21. The van der Waals surface area contributed by atoms with E-state index in [-0.39, 0.29) is 22.6 Å². The first-order chi connectivity index (χ1) is 8.49. The highest BCUT2D eigenvalue weighted by Crippen LogP contribution is 2.49. The molecule has 1 aromatic carbocycles. The first-order valence-electron chi connectivity index (χ1n) is 6.03. The molecule has 98 valence electrons. The molecule has 1 fully saturated rings. The van der Waals surface area contributed by atoms with E-state index in [4.69, 9.17) is 16.3 Å². The molecule has 0 bridgehead atoms. The van der Waals surface area contributed by atoms with Gasteiger partial charge in [0.15, 0.2) is 5.75 Å². The molecular formula is C13H16ClNO3. The van der Waals surface area contributed by atoms with Gasteiger partial charge in [0.1, 0.15) is 6.10 Å². The maximum absolute atomic E-state index is 10.9. The number of para-hydroxylation sites is 2. The average Bonchev–Trinajstić information content (AvgIpc) is 2.37. The van der Waals surface area contributed by atoms with E-state index in [0.29, 0.717) is 5.75 Å². The highest BCUT2D eigenvalue weighted by atomic mass is 35.5. The van der Waals surface area contributed by atoms with E-state index in [9.17, 15) is 10.1 Å². The number of rotatable bonds is 4. The van der Waals surface area contributed by atoms with Crippen molar-refractivity contribution in [3.8, 4) is 5.75 Å². The Balaban J connectivity index is 2.18. The second-order valence-corrected chi connectivity index (χ2v) is 5.42. The van der Waals surface area contributed by atoms with Crippen molar-refractivity contribution in [2.75, 3.05) is 0 Å². The molecule has 3 atom stereocenters. The minimum Gasteiger partial charge on any atom is -0.483 e.